The summed E-state index contributed by atoms with van der Waals surface area (Å²) in [7, 11) is 0. The van der Waals surface area contributed by atoms with Crippen molar-refractivity contribution in [3.8, 4) is 0 Å². The zero-order chi connectivity index (χ0) is 14.7. The molecule has 1 atom stereocenters. The molecule has 1 aromatic rings. The van der Waals surface area contributed by atoms with Crippen LogP contribution in [0.25, 0.3) is 0 Å². The molecule has 2 N–H and O–H groups in total. The Morgan fingerprint density at radius 3 is 2.57 bits per heavy atom. The Hall–Kier alpha value is -1.42. The minimum atomic E-state index is -0.288. The van der Waals surface area contributed by atoms with Crippen molar-refractivity contribution in [3.63, 3.8) is 0 Å². The van der Waals surface area contributed by atoms with E-state index in [1.54, 1.807) is 0 Å². The number of carbonyl (C=O) groups excluding carboxylic acids is 1. The number of amides is 1. The van der Waals surface area contributed by atoms with Crippen LogP contribution in [-0.2, 0) is 10.3 Å². The van der Waals surface area contributed by atoms with Gasteiger partial charge in [-0.3, -0.25) is 4.79 Å². The second-order valence-electron chi connectivity index (χ2n) is 6.34. The summed E-state index contributed by atoms with van der Waals surface area (Å²) < 4.78 is 13.1. The molecule has 4 heteroatoms. The largest absolute Gasteiger partial charge is 0.347 e. The van der Waals surface area contributed by atoms with E-state index in [2.05, 4.69) is 10.6 Å². The van der Waals surface area contributed by atoms with Crippen molar-refractivity contribution >= 4 is 5.91 Å². The van der Waals surface area contributed by atoms with Crippen LogP contribution in [-0.4, -0.2) is 18.5 Å². The molecule has 0 aromatic heterocycles. The Bertz CT molecular complexity index is 488. The first-order valence-electron chi connectivity index (χ1n) is 7.98. The maximum Gasteiger partial charge on any atom is 0.222 e. The quantitative estimate of drug-likeness (QED) is 0.895. The van der Waals surface area contributed by atoms with Crippen LogP contribution < -0.4 is 10.6 Å². The summed E-state index contributed by atoms with van der Waals surface area (Å²) in [6, 6.07) is 6.92. The third-order valence-corrected chi connectivity index (χ3v) is 4.83. The number of hydrogen-bond donors (Lipinski definition) is 2. The minimum absolute atomic E-state index is 0.112. The van der Waals surface area contributed by atoms with Gasteiger partial charge in [0.05, 0.1) is 5.54 Å². The lowest BCUT2D eigenvalue weighted by Gasteiger charge is -2.31. The molecular weight excluding hydrogens is 267 g/mol. The van der Waals surface area contributed by atoms with Crippen molar-refractivity contribution in [1.82, 2.24) is 10.6 Å². The van der Waals surface area contributed by atoms with Crippen molar-refractivity contribution in [2.75, 3.05) is 6.54 Å². The van der Waals surface area contributed by atoms with Crippen LogP contribution in [0.15, 0.2) is 24.3 Å². The van der Waals surface area contributed by atoms with Gasteiger partial charge in [-0.25, -0.2) is 4.39 Å². The second-order valence-corrected chi connectivity index (χ2v) is 6.34. The van der Waals surface area contributed by atoms with E-state index in [0.717, 1.165) is 50.6 Å². The maximum atomic E-state index is 13.1. The molecule has 1 aliphatic carbocycles. The lowest BCUT2D eigenvalue weighted by Crippen LogP contribution is -2.45. The summed E-state index contributed by atoms with van der Waals surface area (Å²) >= 11 is 0. The molecule has 0 radical (unpaired) electrons. The third-order valence-electron chi connectivity index (χ3n) is 4.83. The number of benzene rings is 1. The average Bonchev–Trinajstić information content (AvgIpc) is 3.12. The highest BCUT2D eigenvalue weighted by atomic mass is 19.1. The molecule has 0 spiro atoms. The van der Waals surface area contributed by atoms with E-state index in [9.17, 15) is 9.18 Å². The highest BCUT2D eigenvalue weighted by Crippen LogP contribution is 2.38. The SMILES string of the molecule is O=C(CC1CCCN1)NC1(c2ccc(F)cc2)CCCC1. The van der Waals surface area contributed by atoms with Crippen molar-refractivity contribution < 1.29 is 9.18 Å². The van der Waals surface area contributed by atoms with Gasteiger partial charge in [0.2, 0.25) is 5.91 Å². The summed E-state index contributed by atoms with van der Waals surface area (Å²) in [5.74, 6) is -0.117. The first-order chi connectivity index (χ1) is 10.2. The lowest BCUT2D eigenvalue weighted by atomic mass is 9.87. The number of halogens is 1. The molecule has 0 bridgehead atoms. The van der Waals surface area contributed by atoms with Crippen LogP contribution in [0.5, 0.6) is 0 Å². The minimum Gasteiger partial charge on any atom is -0.347 e. The molecule has 1 unspecified atom stereocenters. The van der Waals surface area contributed by atoms with Gasteiger partial charge in [0.15, 0.2) is 0 Å². The van der Waals surface area contributed by atoms with E-state index in [0.29, 0.717) is 12.5 Å². The van der Waals surface area contributed by atoms with E-state index in [-0.39, 0.29) is 17.3 Å². The van der Waals surface area contributed by atoms with Crippen LogP contribution in [0.2, 0.25) is 0 Å². The molecule has 1 saturated carbocycles. The monoisotopic (exact) mass is 290 g/mol. The van der Waals surface area contributed by atoms with Crippen LogP contribution >= 0.6 is 0 Å². The van der Waals surface area contributed by atoms with E-state index in [1.807, 2.05) is 12.1 Å². The van der Waals surface area contributed by atoms with Gasteiger partial charge in [-0.1, -0.05) is 25.0 Å². The highest BCUT2D eigenvalue weighted by molar-refractivity contribution is 5.77. The Morgan fingerprint density at radius 2 is 1.95 bits per heavy atom. The van der Waals surface area contributed by atoms with Crippen molar-refractivity contribution in [2.24, 2.45) is 0 Å². The first-order valence-corrected chi connectivity index (χ1v) is 7.98. The molecule has 2 aliphatic rings. The molecule has 3 rings (SSSR count). The van der Waals surface area contributed by atoms with Crippen LogP contribution in [0.4, 0.5) is 4.39 Å². The first kappa shape index (κ1) is 14.5. The average molecular weight is 290 g/mol. The summed E-state index contributed by atoms with van der Waals surface area (Å²) in [5, 5.41) is 6.62. The zero-order valence-electron chi connectivity index (χ0n) is 12.3. The van der Waals surface area contributed by atoms with Crippen LogP contribution in [0.1, 0.15) is 50.5 Å². The van der Waals surface area contributed by atoms with Gasteiger partial charge < -0.3 is 10.6 Å². The number of rotatable bonds is 4. The molecular formula is C17H23FN2O. The fourth-order valence-electron chi connectivity index (χ4n) is 3.71. The van der Waals surface area contributed by atoms with Crippen molar-refractivity contribution in [2.45, 2.75) is 56.5 Å². The molecule has 1 saturated heterocycles. The van der Waals surface area contributed by atoms with Gasteiger partial charge in [0.1, 0.15) is 5.82 Å². The molecule has 21 heavy (non-hydrogen) atoms. The standard InChI is InChI=1S/C17H23FN2O/c18-14-7-5-13(6-8-14)17(9-1-2-10-17)20-16(21)12-15-4-3-11-19-15/h5-8,15,19H,1-4,9-12H2,(H,20,21). The molecule has 1 heterocycles. The molecule has 114 valence electrons. The van der Waals surface area contributed by atoms with Gasteiger partial charge in [0, 0.05) is 12.5 Å². The predicted octanol–water partition coefficient (Wildman–Crippen LogP) is 2.85. The summed E-state index contributed by atoms with van der Waals surface area (Å²) in [5.41, 5.74) is 0.748. The van der Waals surface area contributed by atoms with Gasteiger partial charge in [-0.15, -0.1) is 0 Å². The zero-order valence-corrected chi connectivity index (χ0v) is 12.3. The molecule has 3 nitrogen and oxygen atoms in total. The fourth-order valence-corrected chi connectivity index (χ4v) is 3.71. The molecule has 1 aliphatic heterocycles. The van der Waals surface area contributed by atoms with Gasteiger partial charge in [0.25, 0.3) is 0 Å². The predicted molar refractivity (Wildman–Crippen MR) is 80.3 cm³/mol. The van der Waals surface area contributed by atoms with Gasteiger partial charge in [-0.05, 0) is 49.9 Å². The number of nitrogens with one attached hydrogen (secondary N) is 2. The normalized spacial score (nSPS) is 24.1. The number of hydrogen-bond acceptors (Lipinski definition) is 2. The summed E-state index contributed by atoms with van der Waals surface area (Å²) in [6.07, 6.45) is 6.89. The highest BCUT2D eigenvalue weighted by Gasteiger charge is 2.37. The Balaban J connectivity index is 1.71. The van der Waals surface area contributed by atoms with Crippen LogP contribution in [0.3, 0.4) is 0 Å². The van der Waals surface area contributed by atoms with Crippen molar-refractivity contribution in [1.29, 1.82) is 0 Å². The Morgan fingerprint density at radius 1 is 1.24 bits per heavy atom. The molecule has 2 fully saturated rings. The van der Waals surface area contributed by atoms with E-state index >= 15 is 0 Å². The maximum absolute atomic E-state index is 13.1. The summed E-state index contributed by atoms with van der Waals surface area (Å²) in [4.78, 5) is 12.4. The van der Waals surface area contributed by atoms with Crippen molar-refractivity contribution in [3.05, 3.63) is 35.6 Å². The van der Waals surface area contributed by atoms with E-state index < -0.39 is 0 Å². The molecule has 1 amide bonds. The van der Waals surface area contributed by atoms with Crippen LogP contribution in [0, 0.1) is 5.82 Å². The third kappa shape index (κ3) is 3.26. The smallest absolute Gasteiger partial charge is 0.222 e. The van der Waals surface area contributed by atoms with E-state index in [4.69, 9.17) is 0 Å². The topological polar surface area (TPSA) is 41.1 Å². The van der Waals surface area contributed by atoms with Gasteiger partial charge in [-0.2, -0.15) is 0 Å². The summed E-state index contributed by atoms with van der Waals surface area (Å²) in [6.45, 7) is 1.01. The number of carbonyl (C=O) groups is 1. The van der Waals surface area contributed by atoms with Gasteiger partial charge >= 0.3 is 0 Å². The lowest BCUT2D eigenvalue weighted by molar-refractivity contribution is -0.123. The van der Waals surface area contributed by atoms with E-state index in [1.165, 1.54) is 12.1 Å². The Kier molecular flexibility index (Phi) is 4.24. The second kappa shape index (κ2) is 6.14. The Labute approximate surface area is 125 Å². The molecule has 1 aromatic carbocycles. The fraction of sp³-hybridized carbons (Fsp3) is 0.588.